The molecule has 0 aliphatic rings. The fourth-order valence-electron chi connectivity index (χ4n) is 2.59. The summed E-state index contributed by atoms with van der Waals surface area (Å²) in [6.45, 7) is 7.11. The lowest BCUT2D eigenvalue weighted by Gasteiger charge is -2.11. The van der Waals surface area contributed by atoms with Crippen molar-refractivity contribution in [2.75, 3.05) is 0 Å². The Hall–Kier alpha value is -2.82. The summed E-state index contributed by atoms with van der Waals surface area (Å²) in [5.41, 5.74) is -0.804. The molecule has 2 nitrogen and oxygen atoms in total. The summed E-state index contributed by atoms with van der Waals surface area (Å²) in [5, 5.41) is 0.510. The number of hydrogen-bond acceptors (Lipinski definition) is 2. The Bertz CT molecular complexity index is 1010. The molecule has 2 aromatic carbocycles. The fourth-order valence-corrected chi connectivity index (χ4v) is 2.59. The molecule has 0 unspecified atom stereocenters. The van der Waals surface area contributed by atoms with Crippen LogP contribution in [-0.4, -0.2) is 0 Å². The minimum absolute atomic E-state index is 0.0167. The van der Waals surface area contributed by atoms with Gasteiger partial charge in [-0.2, -0.15) is 13.2 Å². The van der Waals surface area contributed by atoms with Crippen LogP contribution in [0.25, 0.3) is 33.9 Å². The minimum atomic E-state index is -4.49. The van der Waals surface area contributed by atoms with E-state index in [9.17, 15) is 18.0 Å². The summed E-state index contributed by atoms with van der Waals surface area (Å²) in [7, 11) is 0. The van der Waals surface area contributed by atoms with Crippen molar-refractivity contribution in [1.29, 1.82) is 0 Å². The van der Waals surface area contributed by atoms with E-state index in [-0.39, 0.29) is 33.1 Å². The summed E-state index contributed by atoms with van der Waals surface area (Å²) in [5.74, 6) is 0.182. The molecule has 0 radical (unpaired) electrons. The van der Waals surface area contributed by atoms with Gasteiger partial charge in [-0.3, -0.25) is 4.79 Å². The Balaban J connectivity index is 2.50. The molecule has 0 aliphatic heterocycles. The molecule has 0 aliphatic carbocycles. The van der Waals surface area contributed by atoms with E-state index in [1.165, 1.54) is 36.4 Å². The first-order chi connectivity index (χ1) is 10.9. The topological polar surface area (TPSA) is 30.2 Å². The highest BCUT2D eigenvalue weighted by molar-refractivity contribution is 5.98. The predicted octanol–water partition coefficient (Wildman–Crippen LogP) is 5.25. The molecule has 0 fully saturated rings. The van der Waals surface area contributed by atoms with Crippen molar-refractivity contribution in [3.8, 4) is 0 Å². The van der Waals surface area contributed by atoms with E-state index in [0.29, 0.717) is 5.39 Å². The van der Waals surface area contributed by atoms with Crippen molar-refractivity contribution >= 4 is 33.9 Å². The highest BCUT2D eigenvalue weighted by Gasteiger charge is 2.32. The third kappa shape index (κ3) is 2.34. The molecular weight excluding hydrogens is 305 g/mol. The molecule has 0 saturated carbocycles. The Kier molecular flexibility index (Phi) is 3.36. The largest absolute Gasteiger partial charge is 0.456 e. The smallest absolute Gasteiger partial charge is 0.417 e. The van der Waals surface area contributed by atoms with E-state index in [2.05, 4.69) is 13.2 Å². The van der Waals surface area contributed by atoms with Crippen molar-refractivity contribution in [3.63, 3.8) is 0 Å². The van der Waals surface area contributed by atoms with Crippen LogP contribution in [0.1, 0.15) is 16.9 Å². The van der Waals surface area contributed by atoms with E-state index in [1.54, 1.807) is 0 Å². The number of benzene rings is 2. The van der Waals surface area contributed by atoms with Crippen LogP contribution in [0, 0.1) is 0 Å². The molecule has 0 spiro atoms. The first kappa shape index (κ1) is 15.1. The number of alkyl halides is 3. The van der Waals surface area contributed by atoms with E-state index < -0.39 is 11.7 Å². The quantitative estimate of drug-likeness (QED) is 0.604. The van der Waals surface area contributed by atoms with Crippen molar-refractivity contribution in [2.24, 2.45) is 0 Å². The molecule has 1 aromatic heterocycles. The number of fused-ring (bicyclic) bond motifs is 2. The summed E-state index contributed by atoms with van der Waals surface area (Å²) in [6, 6.07) is 6.49. The Morgan fingerprint density at radius 3 is 2.39 bits per heavy atom. The minimum Gasteiger partial charge on any atom is -0.456 e. The van der Waals surface area contributed by atoms with Crippen LogP contribution in [0.15, 0.2) is 52.7 Å². The zero-order valence-corrected chi connectivity index (χ0v) is 11.9. The Labute approximate surface area is 129 Å². The third-order valence-corrected chi connectivity index (χ3v) is 3.65. The average molecular weight is 316 g/mol. The number of halogens is 3. The maximum atomic E-state index is 13.1. The van der Waals surface area contributed by atoms with Gasteiger partial charge >= 0.3 is 6.18 Å². The third-order valence-electron chi connectivity index (χ3n) is 3.65. The number of rotatable bonds is 2. The van der Waals surface area contributed by atoms with Crippen LogP contribution in [0.2, 0.25) is 0 Å². The summed E-state index contributed by atoms with van der Waals surface area (Å²) >= 11 is 0. The predicted molar refractivity (Wildman–Crippen MR) is 85.2 cm³/mol. The molecule has 0 atom stereocenters. The Morgan fingerprint density at radius 2 is 1.78 bits per heavy atom. The summed E-state index contributed by atoms with van der Waals surface area (Å²) in [6.07, 6.45) is -1.81. The zero-order chi connectivity index (χ0) is 16.8. The van der Waals surface area contributed by atoms with Crippen LogP contribution in [-0.2, 0) is 6.18 Å². The molecule has 1 heterocycles. The van der Waals surface area contributed by atoms with Gasteiger partial charge < -0.3 is 4.42 Å². The van der Waals surface area contributed by atoms with E-state index in [1.807, 2.05) is 0 Å². The number of hydrogen-bond donors (Lipinski definition) is 0. The first-order valence-corrected chi connectivity index (χ1v) is 6.72. The van der Waals surface area contributed by atoms with Gasteiger partial charge in [0.2, 0.25) is 5.43 Å². The van der Waals surface area contributed by atoms with Crippen molar-refractivity contribution in [1.82, 2.24) is 0 Å². The van der Waals surface area contributed by atoms with Gasteiger partial charge in [0.1, 0.15) is 11.3 Å². The van der Waals surface area contributed by atoms with Crippen LogP contribution in [0.3, 0.4) is 0 Å². The standard InChI is InChI=1S/C18H11F3O2/c1-3-11-15(4-2)23-16-9-12-10(8-13(16)17(11)22)6-5-7-14(12)18(19,20)21/h3-9H,1-2H2. The lowest BCUT2D eigenvalue weighted by Crippen LogP contribution is -2.09. The van der Waals surface area contributed by atoms with Gasteiger partial charge in [0.05, 0.1) is 16.5 Å². The molecule has 3 rings (SSSR count). The lowest BCUT2D eigenvalue weighted by molar-refractivity contribution is -0.136. The second kappa shape index (κ2) is 5.12. The van der Waals surface area contributed by atoms with Crippen LogP contribution in [0.4, 0.5) is 13.2 Å². The Morgan fingerprint density at radius 1 is 1.04 bits per heavy atom. The van der Waals surface area contributed by atoms with Gasteiger partial charge in [0.15, 0.2) is 0 Å². The van der Waals surface area contributed by atoms with Gasteiger partial charge in [-0.05, 0) is 35.0 Å². The lowest BCUT2D eigenvalue weighted by atomic mass is 10.0. The zero-order valence-electron chi connectivity index (χ0n) is 11.9. The van der Waals surface area contributed by atoms with Gasteiger partial charge in [0.25, 0.3) is 0 Å². The summed E-state index contributed by atoms with van der Waals surface area (Å²) < 4.78 is 45.0. The van der Waals surface area contributed by atoms with E-state index in [0.717, 1.165) is 6.07 Å². The molecule has 0 N–H and O–H groups in total. The highest BCUT2D eigenvalue weighted by atomic mass is 19.4. The maximum Gasteiger partial charge on any atom is 0.417 e. The van der Waals surface area contributed by atoms with Crippen LogP contribution >= 0.6 is 0 Å². The van der Waals surface area contributed by atoms with Gasteiger partial charge in [-0.25, -0.2) is 0 Å². The average Bonchev–Trinajstić information content (AvgIpc) is 2.51. The maximum absolute atomic E-state index is 13.1. The second-order valence-corrected chi connectivity index (χ2v) is 4.99. The highest BCUT2D eigenvalue weighted by Crippen LogP contribution is 2.36. The van der Waals surface area contributed by atoms with Crippen LogP contribution < -0.4 is 5.43 Å². The van der Waals surface area contributed by atoms with Crippen molar-refractivity contribution in [2.45, 2.75) is 6.18 Å². The summed E-state index contributed by atoms with van der Waals surface area (Å²) in [4.78, 5) is 12.5. The SMILES string of the molecule is C=Cc1oc2cc3c(C(F)(F)F)cccc3cc2c(=O)c1C=C. The monoisotopic (exact) mass is 316 g/mol. The first-order valence-electron chi connectivity index (χ1n) is 6.72. The fraction of sp³-hybridized carbons (Fsp3) is 0.0556. The molecular formula is C18H11F3O2. The molecule has 3 aromatic rings. The van der Waals surface area contributed by atoms with E-state index >= 15 is 0 Å². The normalized spacial score (nSPS) is 11.8. The molecule has 0 amide bonds. The molecule has 0 bridgehead atoms. The van der Waals surface area contributed by atoms with Gasteiger partial charge in [-0.1, -0.05) is 31.4 Å². The molecule has 116 valence electrons. The van der Waals surface area contributed by atoms with Crippen LogP contribution in [0.5, 0.6) is 0 Å². The van der Waals surface area contributed by atoms with Gasteiger partial charge in [0, 0.05) is 0 Å². The van der Waals surface area contributed by atoms with Crippen molar-refractivity contribution in [3.05, 3.63) is 70.6 Å². The second-order valence-electron chi connectivity index (χ2n) is 4.99. The molecule has 5 heteroatoms. The van der Waals surface area contributed by atoms with Crippen molar-refractivity contribution < 1.29 is 17.6 Å². The molecule has 23 heavy (non-hydrogen) atoms. The van der Waals surface area contributed by atoms with Gasteiger partial charge in [-0.15, -0.1) is 0 Å². The van der Waals surface area contributed by atoms with E-state index in [4.69, 9.17) is 4.42 Å². The molecule has 0 saturated heterocycles.